The third-order valence-electron chi connectivity index (χ3n) is 3.78. The minimum absolute atomic E-state index is 0.336. The molecule has 23 heavy (non-hydrogen) atoms. The van der Waals surface area contributed by atoms with Gasteiger partial charge in [-0.25, -0.2) is 4.79 Å². The molecule has 2 aromatic carbocycles. The highest BCUT2D eigenvalue weighted by Crippen LogP contribution is 2.43. The van der Waals surface area contributed by atoms with Gasteiger partial charge in [-0.05, 0) is 37.9 Å². The Labute approximate surface area is 135 Å². The summed E-state index contributed by atoms with van der Waals surface area (Å²) in [4.78, 5) is 14.4. The smallest absolute Gasteiger partial charge is 0.352 e. The second-order valence-corrected chi connectivity index (χ2v) is 5.81. The van der Waals surface area contributed by atoms with Gasteiger partial charge in [-0.3, -0.25) is 0 Å². The van der Waals surface area contributed by atoms with Gasteiger partial charge in [0.1, 0.15) is 12.4 Å². The van der Waals surface area contributed by atoms with Crippen LogP contribution in [0.2, 0.25) is 0 Å². The molecule has 0 aliphatic carbocycles. The van der Waals surface area contributed by atoms with E-state index in [2.05, 4.69) is 0 Å². The molecule has 2 N–H and O–H groups in total. The molecule has 0 fully saturated rings. The number of hydrogen-bond donors (Lipinski definition) is 1. The van der Waals surface area contributed by atoms with Crippen molar-refractivity contribution in [2.24, 2.45) is 0 Å². The molecular weight excluding hydrogens is 292 g/mol. The van der Waals surface area contributed by atoms with Crippen molar-refractivity contribution in [1.29, 1.82) is 0 Å². The highest BCUT2D eigenvalue weighted by Gasteiger charge is 2.32. The van der Waals surface area contributed by atoms with Gasteiger partial charge in [0.2, 0.25) is 6.10 Å². The summed E-state index contributed by atoms with van der Waals surface area (Å²) in [6.07, 6.45) is -0.746. The maximum Gasteiger partial charge on any atom is 0.352 e. The van der Waals surface area contributed by atoms with E-state index >= 15 is 0 Å². The van der Waals surface area contributed by atoms with Crippen LogP contribution in [0.1, 0.15) is 11.7 Å². The Bertz CT molecular complexity index is 728. The van der Waals surface area contributed by atoms with Crippen LogP contribution in [0.25, 0.3) is 11.1 Å². The third kappa shape index (κ3) is 3.14. The summed E-state index contributed by atoms with van der Waals surface area (Å²) < 4.78 is 11.2. The predicted octanol–water partition coefficient (Wildman–Crippen LogP) is 2.47. The van der Waals surface area contributed by atoms with E-state index in [1.807, 2.05) is 49.3 Å². The van der Waals surface area contributed by atoms with Gasteiger partial charge in [0.25, 0.3) is 0 Å². The van der Waals surface area contributed by atoms with Gasteiger partial charge < -0.3 is 20.1 Å². The molecule has 1 aliphatic heterocycles. The number of fused-ring (bicyclic) bond motifs is 3. The number of carbonyl (C=O) groups is 1. The number of nitrogens with two attached hydrogens (primary N) is 1. The van der Waals surface area contributed by atoms with Gasteiger partial charge in [0, 0.05) is 23.4 Å². The first-order chi connectivity index (χ1) is 11.1. The lowest BCUT2D eigenvalue weighted by atomic mass is 9.92. The van der Waals surface area contributed by atoms with Crippen LogP contribution in [0.15, 0.2) is 42.5 Å². The Morgan fingerprint density at radius 1 is 1.22 bits per heavy atom. The first-order valence-corrected chi connectivity index (χ1v) is 7.53. The molecule has 5 heteroatoms. The molecule has 3 rings (SSSR count). The van der Waals surface area contributed by atoms with Gasteiger partial charge >= 0.3 is 5.97 Å². The summed E-state index contributed by atoms with van der Waals surface area (Å²) in [5.74, 6) is 0.272. The highest BCUT2D eigenvalue weighted by molar-refractivity contribution is 5.86. The molecular formula is C18H20N2O3. The van der Waals surface area contributed by atoms with Crippen LogP contribution in [-0.4, -0.2) is 38.1 Å². The zero-order valence-electron chi connectivity index (χ0n) is 13.3. The fourth-order valence-electron chi connectivity index (χ4n) is 2.60. The zero-order chi connectivity index (χ0) is 16.4. The Hall–Kier alpha value is -2.53. The van der Waals surface area contributed by atoms with Gasteiger partial charge in [-0.15, -0.1) is 0 Å². The number of anilines is 1. The molecule has 0 amide bonds. The number of carbonyl (C=O) groups excluding carboxylic acids is 1. The second kappa shape index (κ2) is 6.30. The molecule has 0 saturated heterocycles. The average Bonchev–Trinajstić information content (AvgIpc) is 2.53. The van der Waals surface area contributed by atoms with E-state index in [-0.39, 0.29) is 5.97 Å². The summed E-state index contributed by atoms with van der Waals surface area (Å²) in [7, 11) is 3.86. The number of rotatable bonds is 4. The molecule has 0 saturated carbocycles. The van der Waals surface area contributed by atoms with Crippen molar-refractivity contribution in [3.05, 3.63) is 48.0 Å². The second-order valence-electron chi connectivity index (χ2n) is 5.81. The number of esters is 1. The van der Waals surface area contributed by atoms with Crippen LogP contribution in [0.4, 0.5) is 5.69 Å². The van der Waals surface area contributed by atoms with Gasteiger partial charge in [-0.1, -0.05) is 24.3 Å². The lowest BCUT2D eigenvalue weighted by molar-refractivity contribution is -0.152. The number of nitrogens with zero attached hydrogens (tertiary/aromatic N) is 1. The molecule has 0 spiro atoms. The largest absolute Gasteiger partial charge is 0.473 e. The Balaban J connectivity index is 1.89. The molecule has 2 aromatic rings. The van der Waals surface area contributed by atoms with Crippen molar-refractivity contribution < 1.29 is 14.3 Å². The van der Waals surface area contributed by atoms with Crippen LogP contribution in [0, 0.1) is 0 Å². The normalized spacial score (nSPS) is 15.5. The first kappa shape index (κ1) is 15.4. The standard InChI is InChI=1S/C18H20N2O3/c1-20(2)9-10-22-18(21)17-14-6-4-3-5-13(14)15-11-12(19)7-8-16(15)23-17/h3-8,11,17H,9-10,19H2,1-2H3. The summed E-state index contributed by atoms with van der Waals surface area (Å²) in [5, 5.41) is 0. The van der Waals surface area contributed by atoms with Crippen molar-refractivity contribution >= 4 is 11.7 Å². The zero-order valence-corrected chi connectivity index (χ0v) is 13.3. The quantitative estimate of drug-likeness (QED) is 0.694. The molecule has 0 bridgehead atoms. The van der Waals surface area contributed by atoms with E-state index in [9.17, 15) is 4.79 Å². The van der Waals surface area contributed by atoms with Gasteiger partial charge in [0.15, 0.2) is 0 Å². The number of hydrogen-bond acceptors (Lipinski definition) is 5. The minimum Gasteiger partial charge on any atom is -0.473 e. The molecule has 1 atom stereocenters. The molecule has 5 nitrogen and oxygen atoms in total. The van der Waals surface area contributed by atoms with Crippen LogP contribution in [0.5, 0.6) is 5.75 Å². The lowest BCUT2D eigenvalue weighted by Gasteiger charge is -2.27. The highest BCUT2D eigenvalue weighted by atomic mass is 16.6. The Morgan fingerprint density at radius 3 is 2.78 bits per heavy atom. The summed E-state index contributed by atoms with van der Waals surface area (Å²) in [5.41, 5.74) is 9.20. The molecule has 0 aromatic heterocycles. The third-order valence-corrected chi connectivity index (χ3v) is 3.78. The number of nitrogen functional groups attached to an aromatic ring is 1. The van der Waals surface area contributed by atoms with Crippen LogP contribution in [-0.2, 0) is 9.53 Å². The topological polar surface area (TPSA) is 64.8 Å². The van der Waals surface area contributed by atoms with Gasteiger partial charge in [0.05, 0.1) is 0 Å². The van der Waals surface area contributed by atoms with E-state index in [1.165, 1.54) is 0 Å². The SMILES string of the molecule is CN(C)CCOC(=O)C1Oc2ccc(N)cc2-c2ccccc21. The summed E-state index contributed by atoms with van der Waals surface area (Å²) in [6.45, 7) is 1.01. The predicted molar refractivity (Wildman–Crippen MR) is 89.2 cm³/mol. The minimum atomic E-state index is -0.746. The van der Waals surface area contributed by atoms with Crippen LogP contribution in [0.3, 0.4) is 0 Å². The van der Waals surface area contributed by atoms with Crippen molar-refractivity contribution in [1.82, 2.24) is 4.90 Å². The molecule has 0 radical (unpaired) electrons. The fraction of sp³-hybridized carbons (Fsp3) is 0.278. The molecule has 120 valence electrons. The van der Waals surface area contributed by atoms with Crippen molar-refractivity contribution in [2.45, 2.75) is 6.10 Å². The Morgan fingerprint density at radius 2 is 2.00 bits per heavy atom. The molecule has 1 unspecified atom stereocenters. The van der Waals surface area contributed by atoms with Crippen molar-refractivity contribution in [3.8, 4) is 16.9 Å². The maximum atomic E-state index is 12.4. The van der Waals surface area contributed by atoms with E-state index in [4.69, 9.17) is 15.2 Å². The van der Waals surface area contributed by atoms with E-state index in [0.29, 0.717) is 24.6 Å². The van der Waals surface area contributed by atoms with E-state index < -0.39 is 6.10 Å². The summed E-state index contributed by atoms with van der Waals surface area (Å²) in [6, 6.07) is 13.1. The van der Waals surface area contributed by atoms with E-state index in [1.54, 1.807) is 12.1 Å². The summed E-state index contributed by atoms with van der Waals surface area (Å²) >= 11 is 0. The number of likely N-dealkylation sites (N-methyl/N-ethyl adjacent to an activating group) is 1. The maximum absolute atomic E-state index is 12.4. The fourth-order valence-corrected chi connectivity index (χ4v) is 2.60. The van der Waals surface area contributed by atoms with Crippen LogP contribution >= 0.6 is 0 Å². The first-order valence-electron chi connectivity index (χ1n) is 7.53. The van der Waals surface area contributed by atoms with E-state index in [0.717, 1.165) is 16.7 Å². The molecule has 1 aliphatic rings. The Kier molecular flexibility index (Phi) is 4.21. The number of benzene rings is 2. The lowest BCUT2D eigenvalue weighted by Crippen LogP contribution is -2.27. The van der Waals surface area contributed by atoms with Crippen molar-refractivity contribution in [2.75, 3.05) is 33.0 Å². The van der Waals surface area contributed by atoms with Crippen molar-refractivity contribution in [3.63, 3.8) is 0 Å². The number of ether oxygens (including phenoxy) is 2. The monoisotopic (exact) mass is 312 g/mol. The molecule has 1 heterocycles. The van der Waals surface area contributed by atoms with Crippen LogP contribution < -0.4 is 10.5 Å². The average molecular weight is 312 g/mol. The van der Waals surface area contributed by atoms with Gasteiger partial charge in [-0.2, -0.15) is 0 Å².